The number of hydrazine groups is 1. The van der Waals surface area contributed by atoms with E-state index in [4.69, 9.17) is 11.8 Å². The Morgan fingerprint density at radius 3 is 2.38 bits per heavy atom. The van der Waals surface area contributed by atoms with Crippen LogP contribution in [0.1, 0.15) is 36.7 Å². The smallest absolute Gasteiger partial charge is 0.266 e. The third kappa shape index (κ3) is 3.22. The zero-order valence-corrected chi connectivity index (χ0v) is 10.8. The van der Waals surface area contributed by atoms with E-state index in [1.54, 1.807) is 6.07 Å². The number of carbonyl (C=O) groups is 1. The number of carbonyl (C=O) groups excluding carboxylic acids is 1. The van der Waals surface area contributed by atoms with Gasteiger partial charge in [0.05, 0.1) is 0 Å². The molecule has 1 rings (SSSR count). The third-order valence-corrected chi connectivity index (χ3v) is 2.77. The molecule has 0 unspecified atom stereocenters. The molecule has 0 atom stereocenters. The first kappa shape index (κ1) is 13.0. The van der Waals surface area contributed by atoms with Crippen LogP contribution in [0.2, 0.25) is 0 Å². The molecule has 16 heavy (non-hydrogen) atoms. The minimum atomic E-state index is -0.320. The van der Waals surface area contributed by atoms with Crippen LogP contribution < -0.4 is 5.43 Å². The van der Waals surface area contributed by atoms with E-state index < -0.39 is 0 Å². The molecule has 0 heterocycles. The molecule has 0 radical (unpaired) electrons. The van der Waals surface area contributed by atoms with Gasteiger partial charge in [-0.05, 0) is 39.3 Å². The molecule has 4 heteroatoms. The number of nitrogens with zero attached hydrogens (tertiary/aromatic N) is 1. The monoisotopic (exact) mass is 240 g/mol. The number of hydrogen-bond acceptors (Lipinski definition) is 2. The highest BCUT2D eigenvalue weighted by Gasteiger charge is 2.22. The van der Waals surface area contributed by atoms with Crippen LogP contribution >= 0.6 is 11.8 Å². The highest BCUT2D eigenvalue weighted by atomic mass is 35.5. The Kier molecular flexibility index (Phi) is 3.94. The van der Waals surface area contributed by atoms with Crippen molar-refractivity contribution < 1.29 is 4.79 Å². The van der Waals surface area contributed by atoms with Gasteiger partial charge in [-0.3, -0.25) is 10.2 Å². The number of aryl methyl sites for hydroxylation is 1. The van der Waals surface area contributed by atoms with Crippen molar-refractivity contribution in [2.24, 2.45) is 0 Å². The number of halogens is 1. The molecule has 1 aromatic rings. The Hall–Kier alpha value is -1.06. The minimum absolute atomic E-state index is 0.192. The molecule has 0 bridgehead atoms. The van der Waals surface area contributed by atoms with Crippen molar-refractivity contribution in [3.63, 3.8) is 0 Å². The fourth-order valence-electron chi connectivity index (χ4n) is 1.14. The maximum atomic E-state index is 11.9. The molecule has 1 aromatic carbocycles. The molecule has 0 aliphatic carbocycles. The topological polar surface area (TPSA) is 32.3 Å². The first-order valence-corrected chi connectivity index (χ1v) is 5.49. The number of benzene rings is 1. The Bertz CT molecular complexity index is 385. The number of nitrogens with one attached hydrogen (secondary N) is 1. The van der Waals surface area contributed by atoms with Crippen LogP contribution in [0.15, 0.2) is 24.3 Å². The van der Waals surface area contributed by atoms with Crippen LogP contribution in [-0.4, -0.2) is 16.0 Å². The Labute approximate surface area is 101 Å². The van der Waals surface area contributed by atoms with E-state index in [0.29, 0.717) is 5.56 Å². The fraction of sp³-hybridized carbons (Fsp3) is 0.417. The Morgan fingerprint density at radius 1 is 1.31 bits per heavy atom. The van der Waals surface area contributed by atoms with Crippen molar-refractivity contribution in [2.45, 2.75) is 33.2 Å². The molecular formula is C12H17ClN2O. The van der Waals surface area contributed by atoms with Crippen molar-refractivity contribution in [2.75, 3.05) is 0 Å². The lowest BCUT2D eigenvalue weighted by Crippen LogP contribution is -2.46. The summed E-state index contributed by atoms with van der Waals surface area (Å²) in [7, 11) is 0. The predicted octanol–water partition coefficient (Wildman–Crippen LogP) is 2.89. The maximum Gasteiger partial charge on any atom is 0.266 e. The van der Waals surface area contributed by atoms with Gasteiger partial charge in [0.25, 0.3) is 5.91 Å². The van der Waals surface area contributed by atoms with Crippen molar-refractivity contribution in [3.05, 3.63) is 35.4 Å². The maximum absolute atomic E-state index is 11.9. The summed E-state index contributed by atoms with van der Waals surface area (Å²) in [6.45, 7) is 7.64. The lowest BCUT2D eigenvalue weighted by Gasteiger charge is -2.28. The summed E-state index contributed by atoms with van der Waals surface area (Å²) in [5.74, 6) is -0.192. The van der Waals surface area contributed by atoms with E-state index in [1.165, 1.54) is 4.53 Å². The molecule has 1 amide bonds. The second kappa shape index (κ2) is 4.85. The lowest BCUT2D eigenvalue weighted by atomic mass is 10.1. The van der Waals surface area contributed by atoms with Gasteiger partial charge in [-0.1, -0.05) is 18.2 Å². The molecule has 0 aromatic heterocycles. The van der Waals surface area contributed by atoms with E-state index in [2.05, 4.69) is 5.43 Å². The third-order valence-electron chi connectivity index (χ3n) is 2.18. The number of hydrogen-bond donors (Lipinski definition) is 1. The van der Waals surface area contributed by atoms with Gasteiger partial charge in [0.2, 0.25) is 0 Å². The van der Waals surface area contributed by atoms with E-state index in [1.807, 2.05) is 45.9 Å². The van der Waals surface area contributed by atoms with Gasteiger partial charge in [0.1, 0.15) is 0 Å². The summed E-state index contributed by atoms with van der Waals surface area (Å²) >= 11 is 5.96. The highest BCUT2D eigenvalue weighted by molar-refractivity contribution is 6.14. The van der Waals surface area contributed by atoms with E-state index in [0.717, 1.165) is 5.56 Å². The molecule has 0 aliphatic rings. The van der Waals surface area contributed by atoms with Crippen LogP contribution in [0.3, 0.4) is 0 Å². The molecule has 0 fully saturated rings. The number of rotatable bonds is 2. The quantitative estimate of drug-likeness (QED) is 0.637. The van der Waals surface area contributed by atoms with Crippen molar-refractivity contribution in [3.8, 4) is 0 Å². The van der Waals surface area contributed by atoms with Crippen LogP contribution in [0, 0.1) is 6.92 Å². The molecule has 0 spiro atoms. The van der Waals surface area contributed by atoms with Gasteiger partial charge in [-0.2, -0.15) is 0 Å². The normalized spacial score (nSPS) is 11.6. The number of amides is 1. The van der Waals surface area contributed by atoms with Gasteiger partial charge >= 0.3 is 0 Å². The van der Waals surface area contributed by atoms with E-state index >= 15 is 0 Å². The molecule has 0 aliphatic heterocycles. The molecular weight excluding hydrogens is 224 g/mol. The van der Waals surface area contributed by atoms with Crippen LogP contribution in [0.5, 0.6) is 0 Å². The zero-order valence-electron chi connectivity index (χ0n) is 10.0. The second-order valence-electron chi connectivity index (χ2n) is 4.71. The van der Waals surface area contributed by atoms with Gasteiger partial charge in [0.15, 0.2) is 0 Å². The first-order valence-electron chi connectivity index (χ1n) is 5.15. The van der Waals surface area contributed by atoms with E-state index in [-0.39, 0.29) is 11.4 Å². The van der Waals surface area contributed by atoms with E-state index in [9.17, 15) is 4.79 Å². The SMILES string of the molecule is Cc1ccccc1C(=O)NN(Cl)C(C)(C)C. The predicted molar refractivity (Wildman–Crippen MR) is 66.1 cm³/mol. The summed E-state index contributed by atoms with van der Waals surface area (Å²) in [6, 6.07) is 7.40. The molecule has 0 saturated carbocycles. The molecule has 1 N–H and O–H groups in total. The van der Waals surface area contributed by atoms with Crippen molar-refractivity contribution >= 4 is 17.7 Å². The Morgan fingerprint density at radius 2 is 1.88 bits per heavy atom. The largest absolute Gasteiger partial charge is 0.270 e. The average Bonchev–Trinajstić information content (AvgIpc) is 2.16. The van der Waals surface area contributed by atoms with Gasteiger partial charge in [-0.15, -0.1) is 4.53 Å². The fourth-order valence-corrected chi connectivity index (χ4v) is 1.22. The van der Waals surface area contributed by atoms with Gasteiger partial charge in [-0.25, -0.2) is 0 Å². The molecule has 0 saturated heterocycles. The van der Waals surface area contributed by atoms with Crippen molar-refractivity contribution in [1.29, 1.82) is 0 Å². The zero-order chi connectivity index (χ0) is 12.3. The summed E-state index contributed by atoms with van der Waals surface area (Å²) in [4.78, 5) is 11.9. The molecule has 3 nitrogen and oxygen atoms in total. The van der Waals surface area contributed by atoms with Gasteiger partial charge < -0.3 is 0 Å². The highest BCUT2D eigenvalue weighted by Crippen LogP contribution is 2.14. The molecule has 88 valence electrons. The summed E-state index contributed by atoms with van der Waals surface area (Å²) in [5.41, 5.74) is 3.88. The minimum Gasteiger partial charge on any atom is -0.270 e. The average molecular weight is 241 g/mol. The summed E-state index contributed by atoms with van der Waals surface area (Å²) < 4.78 is 1.29. The van der Waals surface area contributed by atoms with Crippen LogP contribution in [0.25, 0.3) is 0 Å². The Balaban J connectivity index is 2.78. The summed E-state index contributed by atoms with van der Waals surface area (Å²) in [6.07, 6.45) is 0. The van der Waals surface area contributed by atoms with Crippen LogP contribution in [0.4, 0.5) is 0 Å². The summed E-state index contributed by atoms with van der Waals surface area (Å²) in [5, 5.41) is 0. The second-order valence-corrected chi connectivity index (χ2v) is 5.05. The van der Waals surface area contributed by atoms with Gasteiger partial charge in [0, 0.05) is 22.9 Å². The van der Waals surface area contributed by atoms with Crippen molar-refractivity contribution in [1.82, 2.24) is 9.95 Å². The van der Waals surface area contributed by atoms with Crippen LogP contribution in [-0.2, 0) is 0 Å². The standard InChI is InChI=1S/C12H17ClN2O/c1-9-7-5-6-8-10(9)11(16)14-15(13)12(2,3)4/h5-8H,1-4H3,(H,14,16). The lowest BCUT2D eigenvalue weighted by molar-refractivity contribution is 0.0805. The first-order chi connectivity index (χ1) is 7.32.